The van der Waals surface area contributed by atoms with E-state index >= 15 is 4.79 Å². The van der Waals surface area contributed by atoms with Gasteiger partial charge in [0, 0.05) is 38.5 Å². The summed E-state index contributed by atoms with van der Waals surface area (Å²) in [5.74, 6) is -17.3. The second-order valence-corrected chi connectivity index (χ2v) is 26.6. The first-order valence-electron chi connectivity index (χ1n) is 34.8. The molecule has 576 valence electrons. The van der Waals surface area contributed by atoms with E-state index in [2.05, 4.69) is 63.8 Å². The zero-order valence-electron chi connectivity index (χ0n) is 59.4. The molecule has 2 fully saturated rings. The maximum Gasteiger partial charge on any atom is 0.329 e. The predicted octanol–water partition coefficient (Wildman–Crippen LogP) is -3.80. The monoisotopic (exact) mass is 1470 g/mol. The first-order chi connectivity index (χ1) is 49.7. The number of aliphatic hydroxyl groups is 2. The molecule has 105 heavy (non-hydrogen) atoms. The molecule has 12 amide bonds. The molecule has 0 aromatic heterocycles. The molecule has 2 aliphatic heterocycles. The van der Waals surface area contributed by atoms with Crippen molar-refractivity contribution < 1.29 is 102 Å². The molecule has 0 saturated carbocycles. The molecule has 5 rings (SSSR count). The van der Waals surface area contributed by atoms with Crippen LogP contribution in [0.5, 0.6) is 17.2 Å². The number of amides is 12. The minimum absolute atomic E-state index is 0.00227. The summed E-state index contributed by atoms with van der Waals surface area (Å²) in [6, 6.07) is -3.01. The first-order valence-corrected chi connectivity index (χ1v) is 34.8. The van der Waals surface area contributed by atoms with E-state index in [0.717, 1.165) is 6.92 Å². The number of aromatic hydroxyl groups is 3. The number of hydrogen-bond acceptors (Lipinski definition) is 22. The van der Waals surface area contributed by atoms with Crippen molar-refractivity contribution in [2.45, 2.75) is 210 Å². The highest BCUT2D eigenvalue weighted by molar-refractivity contribution is 6.00. The van der Waals surface area contributed by atoms with E-state index in [1.54, 1.807) is 13.8 Å². The van der Waals surface area contributed by atoms with E-state index in [1.165, 1.54) is 93.6 Å². The van der Waals surface area contributed by atoms with Gasteiger partial charge in [-0.2, -0.15) is 0 Å². The second-order valence-electron chi connectivity index (χ2n) is 26.6. The van der Waals surface area contributed by atoms with Crippen molar-refractivity contribution in [2.75, 3.05) is 19.7 Å². The second kappa shape index (κ2) is 41.7. The maximum atomic E-state index is 15.0. The summed E-state index contributed by atoms with van der Waals surface area (Å²) >= 11 is 0. The van der Waals surface area contributed by atoms with Crippen molar-refractivity contribution in [3.8, 4) is 17.2 Å². The lowest BCUT2D eigenvalue weighted by Gasteiger charge is -2.30. The van der Waals surface area contributed by atoms with Crippen molar-refractivity contribution >= 4 is 82.8 Å². The number of carbonyl (C=O) groups is 14. The molecule has 3 aromatic rings. The van der Waals surface area contributed by atoms with Crippen LogP contribution in [0.4, 0.5) is 0 Å². The lowest BCUT2D eigenvalue weighted by atomic mass is 9.97. The lowest BCUT2D eigenvalue weighted by Crippen LogP contribution is -2.63. The van der Waals surface area contributed by atoms with Crippen molar-refractivity contribution in [3.63, 3.8) is 0 Å². The number of aliphatic hydroxyl groups excluding tert-OH is 2. The van der Waals surface area contributed by atoms with Gasteiger partial charge in [-0.15, -0.1) is 0 Å². The van der Waals surface area contributed by atoms with Crippen LogP contribution in [0.2, 0.25) is 0 Å². The van der Waals surface area contributed by atoms with Gasteiger partial charge in [0.15, 0.2) is 0 Å². The summed E-state index contributed by atoms with van der Waals surface area (Å²) in [6.07, 6.45) is -6.70. The van der Waals surface area contributed by atoms with Gasteiger partial charge < -0.3 is 111 Å². The van der Waals surface area contributed by atoms with Gasteiger partial charge in [0.1, 0.15) is 90.3 Å². The number of nitrogens with one attached hydrogen (secondary N) is 12. The van der Waals surface area contributed by atoms with E-state index < -0.39 is 218 Å². The molecule has 0 spiro atoms. The van der Waals surface area contributed by atoms with E-state index in [4.69, 9.17) is 16.2 Å². The number of carboxylic acids is 1. The normalized spacial score (nSPS) is 24.4. The van der Waals surface area contributed by atoms with Crippen LogP contribution >= 0.6 is 0 Å². The Morgan fingerprint density at radius 3 is 1.61 bits per heavy atom. The van der Waals surface area contributed by atoms with Crippen LogP contribution in [0.1, 0.15) is 122 Å². The van der Waals surface area contributed by atoms with Crippen molar-refractivity contribution in [2.24, 2.45) is 23.3 Å². The van der Waals surface area contributed by atoms with Gasteiger partial charge in [-0.3, -0.25) is 62.3 Å². The van der Waals surface area contributed by atoms with Crippen LogP contribution in [0.3, 0.4) is 0 Å². The number of primary amides is 1. The van der Waals surface area contributed by atoms with Crippen molar-refractivity contribution in [1.82, 2.24) is 63.8 Å². The zero-order chi connectivity index (χ0) is 77.8. The molecule has 3 aromatic carbocycles. The van der Waals surface area contributed by atoms with Crippen LogP contribution in [0, 0.1) is 11.8 Å². The SMILES string of the molecule is CC[C@@H](C)[C@H]1NC(=O)[C@@H](Cc2ccc(O)cc2)NC(=O)[C@@H](C)NC(=O)[C@H](CCCN)NC(=O)[C@@H](Cc2ccc(O)cc2)NC(=O)[C@H]([C@H](C)O)NC(=O)[C@H](CCC(=O)O)NC(=O)[C@H](C(C)C)NC(=O)[C@H](NC(=O)[C@@H](Cc2ccc(O)cc2)NC(=O)[C@@H](CCC(N)=O)NC(=O)[C@@H]2CCCN2)C[C@@H](O)COC1=O. The molecule has 0 unspecified atom stereocenters. The Labute approximate surface area is 606 Å². The fourth-order valence-corrected chi connectivity index (χ4v) is 11.3. The number of aliphatic carboxylic acids is 1. The molecule has 35 heteroatoms. The molecular weight excluding hydrogens is 1370 g/mol. The van der Waals surface area contributed by atoms with Crippen LogP contribution in [-0.4, -0.2) is 218 Å². The first kappa shape index (κ1) is 85.1. The Kier molecular flexibility index (Phi) is 33.8. The average Bonchev–Trinajstić information content (AvgIpc) is 0.970. The maximum absolute atomic E-state index is 15.0. The number of carbonyl (C=O) groups excluding carboxylic acids is 13. The van der Waals surface area contributed by atoms with Gasteiger partial charge in [-0.1, -0.05) is 70.5 Å². The number of nitrogens with two attached hydrogens (primary N) is 2. The smallest absolute Gasteiger partial charge is 0.329 e. The summed E-state index contributed by atoms with van der Waals surface area (Å²) in [4.78, 5) is 197. The van der Waals surface area contributed by atoms with Crippen LogP contribution in [-0.2, 0) is 91.1 Å². The summed E-state index contributed by atoms with van der Waals surface area (Å²) in [5.41, 5.74) is 12.3. The van der Waals surface area contributed by atoms with E-state index in [1.807, 2.05) is 0 Å². The molecular formula is C70H100N14O21. The molecule has 0 bridgehead atoms. The predicted molar refractivity (Wildman–Crippen MR) is 375 cm³/mol. The number of phenolic OH excluding ortho intramolecular Hbond substituents is 3. The Morgan fingerprint density at radius 2 is 1.09 bits per heavy atom. The fraction of sp³-hybridized carbons (Fsp3) is 0.543. The fourth-order valence-electron chi connectivity index (χ4n) is 11.3. The number of cyclic esters (lactones) is 1. The zero-order valence-corrected chi connectivity index (χ0v) is 59.4. The minimum Gasteiger partial charge on any atom is -0.508 e. The third-order valence-corrected chi connectivity index (χ3v) is 17.7. The van der Waals surface area contributed by atoms with Gasteiger partial charge >= 0.3 is 11.9 Å². The largest absolute Gasteiger partial charge is 0.508 e. The molecule has 0 radical (unpaired) electrons. The molecule has 2 saturated heterocycles. The Balaban J connectivity index is 1.63. The third kappa shape index (κ3) is 27.9. The topological polar surface area (TPSA) is 566 Å². The third-order valence-electron chi connectivity index (χ3n) is 17.7. The molecule has 0 aliphatic carbocycles. The number of ether oxygens (including phenoxy) is 1. The van der Waals surface area contributed by atoms with E-state index in [9.17, 15) is 93.0 Å². The average molecular weight is 1470 g/mol. The van der Waals surface area contributed by atoms with Gasteiger partial charge in [0.25, 0.3) is 0 Å². The van der Waals surface area contributed by atoms with Gasteiger partial charge in [0.05, 0.1) is 18.2 Å². The number of benzene rings is 3. The number of carboxylic acid groups (broad SMARTS) is 1. The standard InChI is InChI=1S/C70H100N14O21/c1-7-36(4)57-70(104)105-34-45(89)33-53(80-65(99)50(30-39-12-18-42(86)19-13-39)79-62(96)48(24-26-54(72)90)76-60(94)46-11-9-29-73-46)67(101)82-56(35(2)3)68(102)77-49(25-27-55(91)92)63(97)84-58(38(6)85)69(103)81-51(31-40-14-20-43(87)21-15-40)64(98)75-47(10-8-28-71)61(95)74-37(5)59(93)78-52(66(100)83-57)32-41-16-22-44(88)23-17-41/h12-23,35-38,45-53,56-58,73,85-89H,7-11,24-34,71H2,1-6H3,(H2,72,90)(H,74,95)(H,75,98)(H,76,94)(H,77,102)(H,78,93)(H,79,96)(H,80,99)(H,81,103)(H,82,101)(H,83,100)(H,84,97)(H,91,92)/t36-,37-,38+,45-,46+,47+,48-,49+,50-,51-,52-,53-,56+,57-,58+/m1/s1. The Morgan fingerprint density at radius 1 is 0.590 bits per heavy atom. The summed E-state index contributed by atoms with van der Waals surface area (Å²) in [6.45, 7) is 7.99. The van der Waals surface area contributed by atoms with Gasteiger partial charge in [-0.05, 0) is 130 Å². The van der Waals surface area contributed by atoms with Crippen molar-refractivity contribution in [1.29, 1.82) is 0 Å². The number of rotatable bonds is 25. The molecule has 35 nitrogen and oxygen atoms in total. The number of hydrogen-bond donors (Lipinski definition) is 20. The quantitative estimate of drug-likeness (QED) is 0.0362. The van der Waals surface area contributed by atoms with Crippen LogP contribution < -0.4 is 75.3 Å². The molecule has 15 atom stereocenters. The van der Waals surface area contributed by atoms with E-state index in [-0.39, 0.29) is 62.3 Å². The molecule has 22 N–H and O–H groups in total. The minimum atomic E-state index is -2.00. The number of esters is 1. The summed E-state index contributed by atoms with van der Waals surface area (Å²) in [5, 5.41) is 93.7. The summed E-state index contributed by atoms with van der Waals surface area (Å²) < 4.78 is 5.62. The lowest BCUT2D eigenvalue weighted by molar-refractivity contribution is -0.153. The molecule has 2 heterocycles. The Bertz CT molecular complexity index is 3500. The Hall–Kier alpha value is -10.5. The highest BCUT2D eigenvalue weighted by Gasteiger charge is 2.40. The number of phenols is 3. The van der Waals surface area contributed by atoms with Gasteiger partial charge in [-0.25, -0.2) is 4.79 Å². The van der Waals surface area contributed by atoms with E-state index in [0.29, 0.717) is 36.1 Å². The van der Waals surface area contributed by atoms with Crippen LogP contribution in [0.25, 0.3) is 0 Å². The molecule has 2 aliphatic rings. The highest BCUT2D eigenvalue weighted by atomic mass is 16.5. The van der Waals surface area contributed by atoms with Crippen molar-refractivity contribution in [3.05, 3.63) is 89.5 Å². The van der Waals surface area contributed by atoms with Gasteiger partial charge in [0.2, 0.25) is 70.9 Å². The highest BCUT2D eigenvalue weighted by Crippen LogP contribution is 2.19. The summed E-state index contributed by atoms with van der Waals surface area (Å²) in [7, 11) is 0. The van der Waals surface area contributed by atoms with Crippen LogP contribution in [0.15, 0.2) is 72.8 Å².